The van der Waals surface area contributed by atoms with Crippen LogP contribution in [-0.2, 0) is 25.7 Å². The molecule has 0 spiro atoms. The lowest BCUT2D eigenvalue weighted by Gasteiger charge is -2.20. The topological polar surface area (TPSA) is 78.4 Å². The van der Waals surface area contributed by atoms with Gasteiger partial charge < -0.3 is 9.47 Å². The number of aromatic nitrogens is 2. The van der Waals surface area contributed by atoms with Crippen LogP contribution in [0.25, 0.3) is 0 Å². The molecule has 0 saturated carbocycles. The fraction of sp³-hybridized carbons (Fsp3) is 0.560. The molecule has 0 radical (unpaired) electrons. The Morgan fingerprint density at radius 3 is 2.33 bits per heavy atom. The fourth-order valence-electron chi connectivity index (χ4n) is 3.05. The highest BCUT2D eigenvalue weighted by molar-refractivity contribution is 7.99. The summed E-state index contributed by atoms with van der Waals surface area (Å²) in [6, 6.07) is 9.80. The number of thioether (sulfide) groups is 1. The van der Waals surface area contributed by atoms with Gasteiger partial charge in [-0.2, -0.15) is 0 Å². The molecule has 182 valence electrons. The van der Waals surface area contributed by atoms with E-state index in [0.29, 0.717) is 16.7 Å². The van der Waals surface area contributed by atoms with Gasteiger partial charge in [0.2, 0.25) is 0 Å². The zero-order chi connectivity index (χ0) is 24.4. The molecule has 0 amide bonds. The average Bonchev–Trinajstić information content (AvgIpc) is 2.73. The number of esters is 1. The summed E-state index contributed by atoms with van der Waals surface area (Å²) < 4.78 is 24.0. The third kappa shape index (κ3) is 10.3. The number of carbonyl (C=O) groups is 1. The summed E-state index contributed by atoms with van der Waals surface area (Å²) in [7, 11) is -1.07. The van der Waals surface area contributed by atoms with Crippen LogP contribution < -0.4 is 4.74 Å². The minimum Gasteiger partial charge on any atom is -0.490 e. The van der Waals surface area contributed by atoms with E-state index < -0.39 is 22.9 Å². The lowest BCUT2D eigenvalue weighted by Crippen LogP contribution is -2.32. The van der Waals surface area contributed by atoms with Crippen molar-refractivity contribution in [1.29, 1.82) is 0 Å². The Morgan fingerprint density at radius 2 is 1.76 bits per heavy atom. The van der Waals surface area contributed by atoms with Gasteiger partial charge in [0.05, 0.1) is 11.5 Å². The number of aryl methyl sites for hydroxylation is 2. The zero-order valence-corrected chi connectivity index (χ0v) is 22.2. The van der Waals surface area contributed by atoms with Crippen molar-refractivity contribution in [3.63, 3.8) is 0 Å². The van der Waals surface area contributed by atoms with Gasteiger partial charge >= 0.3 is 5.97 Å². The number of hydrogen-bond acceptors (Lipinski definition) is 7. The number of hydrogen-bond donors (Lipinski definition) is 0. The summed E-state index contributed by atoms with van der Waals surface area (Å²) >= 11 is 1.24. The smallest absolute Gasteiger partial charge is 0.316 e. The molecule has 2 atom stereocenters. The summed E-state index contributed by atoms with van der Waals surface area (Å²) in [4.78, 5) is 21.2. The Morgan fingerprint density at radius 1 is 1.12 bits per heavy atom. The van der Waals surface area contributed by atoms with E-state index in [2.05, 4.69) is 37.7 Å². The van der Waals surface area contributed by atoms with Gasteiger partial charge in [-0.15, -0.1) is 0 Å². The fourth-order valence-corrected chi connectivity index (χ4v) is 5.14. The van der Waals surface area contributed by atoms with Gasteiger partial charge in [0, 0.05) is 27.9 Å². The van der Waals surface area contributed by atoms with E-state index in [1.54, 1.807) is 0 Å². The summed E-state index contributed by atoms with van der Waals surface area (Å²) in [5, 5.41) is 0.544. The highest BCUT2D eigenvalue weighted by Crippen LogP contribution is 2.24. The third-order valence-electron chi connectivity index (χ3n) is 4.83. The van der Waals surface area contributed by atoms with Crippen LogP contribution in [0.1, 0.15) is 57.5 Å². The second-order valence-corrected chi connectivity index (χ2v) is 11.6. The largest absolute Gasteiger partial charge is 0.490 e. The molecule has 0 aliphatic rings. The van der Waals surface area contributed by atoms with E-state index in [9.17, 15) is 9.00 Å². The first-order valence-electron chi connectivity index (χ1n) is 11.3. The van der Waals surface area contributed by atoms with Crippen LogP contribution in [0.4, 0.5) is 0 Å². The van der Waals surface area contributed by atoms with E-state index >= 15 is 0 Å². The van der Waals surface area contributed by atoms with Crippen molar-refractivity contribution in [3.05, 3.63) is 47.3 Å². The van der Waals surface area contributed by atoms with Crippen LogP contribution in [0.15, 0.2) is 35.5 Å². The van der Waals surface area contributed by atoms with Crippen molar-refractivity contribution in [2.24, 2.45) is 0 Å². The lowest BCUT2D eigenvalue weighted by molar-refractivity contribution is -0.146. The molecule has 0 aliphatic carbocycles. The zero-order valence-electron chi connectivity index (χ0n) is 20.6. The molecule has 1 aromatic heterocycles. The Kier molecular flexibility index (Phi) is 10.8. The lowest BCUT2D eigenvalue weighted by atomic mass is 9.87. The number of unbranched alkanes of at least 4 members (excludes halogenated alkanes) is 1. The van der Waals surface area contributed by atoms with Crippen molar-refractivity contribution in [3.8, 4) is 5.75 Å². The van der Waals surface area contributed by atoms with Crippen molar-refractivity contribution < 1.29 is 18.5 Å². The van der Waals surface area contributed by atoms with Gasteiger partial charge in [0.1, 0.15) is 18.5 Å². The minimum atomic E-state index is -1.07. The second-order valence-electron chi connectivity index (χ2n) is 9.08. The molecule has 0 aliphatic heterocycles. The molecule has 2 rings (SSSR count). The number of nitrogens with zero attached hydrogens (tertiary/aromatic N) is 2. The minimum absolute atomic E-state index is 0.0595. The van der Waals surface area contributed by atoms with E-state index in [-0.39, 0.29) is 23.5 Å². The molecule has 0 bridgehead atoms. The van der Waals surface area contributed by atoms with Crippen molar-refractivity contribution in [1.82, 2.24) is 9.97 Å². The predicted molar refractivity (Wildman–Crippen MR) is 136 cm³/mol. The van der Waals surface area contributed by atoms with E-state index in [0.717, 1.165) is 24.2 Å². The van der Waals surface area contributed by atoms with Crippen LogP contribution >= 0.6 is 11.8 Å². The van der Waals surface area contributed by atoms with Crippen LogP contribution in [0.2, 0.25) is 0 Å². The monoisotopic (exact) mass is 492 g/mol. The quantitative estimate of drug-likeness (QED) is 0.234. The first-order chi connectivity index (χ1) is 15.6. The summed E-state index contributed by atoms with van der Waals surface area (Å²) in [5.41, 5.74) is 2.98. The van der Waals surface area contributed by atoms with Crippen molar-refractivity contribution in [2.45, 2.75) is 71.1 Å². The molecule has 2 aromatic rings. The molecular formula is C25H36N2O4S2. The highest BCUT2D eigenvalue weighted by atomic mass is 32.2. The van der Waals surface area contributed by atoms with Crippen molar-refractivity contribution >= 4 is 28.5 Å². The SMILES string of the molecule is CCCC[S@@](=O)C[C@H](COc1ccc(C(C)(C)C)cc1)OC(=O)CSc1nc(C)cc(C)n1. The van der Waals surface area contributed by atoms with Crippen LogP contribution in [-0.4, -0.2) is 50.1 Å². The third-order valence-corrected chi connectivity index (χ3v) is 7.14. The van der Waals surface area contributed by atoms with Crippen molar-refractivity contribution in [2.75, 3.05) is 23.9 Å². The van der Waals surface area contributed by atoms with Gasteiger partial charge in [-0.05, 0) is 49.4 Å². The van der Waals surface area contributed by atoms with E-state index in [1.807, 2.05) is 44.2 Å². The molecular weight excluding hydrogens is 456 g/mol. The van der Waals surface area contributed by atoms with Crippen LogP contribution in [0.5, 0.6) is 5.75 Å². The molecule has 0 fully saturated rings. The molecule has 1 heterocycles. The maximum absolute atomic E-state index is 12.5. The van der Waals surface area contributed by atoms with Gasteiger partial charge in [-0.3, -0.25) is 9.00 Å². The first kappa shape index (κ1) is 27.3. The molecule has 33 heavy (non-hydrogen) atoms. The number of carbonyl (C=O) groups excluding carboxylic acids is 1. The molecule has 8 heteroatoms. The van der Waals surface area contributed by atoms with Gasteiger partial charge in [0.15, 0.2) is 5.16 Å². The molecule has 0 N–H and O–H groups in total. The van der Waals surface area contributed by atoms with E-state index in [4.69, 9.17) is 9.47 Å². The van der Waals surface area contributed by atoms with E-state index in [1.165, 1.54) is 17.3 Å². The molecule has 6 nitrogen and oxygen atoms in total. The maximum Gasteiger partial charge on any atom is 0.316 e. The Balaban J connectivity index is 1.97. The molecule has 0 unspecified atom stereocenters. The average molecular weight is 493 g/mol. The molecule has 1 aromatic carbocycles. The second kappa shape index (κ2) is 13.1. The molecule has 0 saturated heterocycles. The normalized spacial score (nSPS) is 13.4. The van der Waals surface area contributed by atoms with Gasteiger partial charge in [-0.1, -0.05) is 58.0 Å². The predicted octanol–water partition coefficient (Wildman–Crippen LogP) is 5.02. The summed E-state index contributed by atoms with van der Waals surface area (Å²) in [5.74, 6) is 1.24. The van der Waals surface area contributed by atoms with Crippen LogP contribution in [0, 0.1) is 13.8 Å². The Labute approximate surface area is 204 Å². The number of benzene rings is 1. The van der Waals surface area contributed by atoms with Crippen LogP contribution in [0.3, 0.4) is 0 Å². The van der Waals surface area contributed by atoms with Gasteiger partial charge in [-0.25, -0.2) is 9.97 Å². The summed E-state index contributed by atoms with van der Waals surface area (Å²) in [6.07, 6.45) is 1.26. The Hall–Kier alpha value is -1.93. The maximum atomic E-state index is 12.5. The summed E-state index contributed by atoms with van der Waals surface area (Å²) in [6.45, 7) is 12.5. The first-order valence-corrected chi connectivity index (χ1v) is 13.8. The number of rotatable bonds is 12. The Bertz CT molecular complexity index is 907. The number of ether oxygens (including phenoxy) is 2. The standard InChI is InChI=1S/C25H36N2O4S2/c1-7-8-13-33(29)17-22(15-30-21-11-9-20(10-12-21)25(4,5)6)31-23(28)16-32-24-26-18(2)14-19(3)27-24/h9-12,14,22H,7-8,13,15-17H2,1-6H3/t22-,33+/m0/s1. The highest BCUT2D eigenvalue weighted by Gasteiger charge is 2.20. The van der Waals surface area contributed by atoms with Gasteiger partial charge in [0.25, 0.3) is 0 Å².